The first-order chi connectivity index (χ1) is 12.1. The molecule has 1 heterocycles. The molecule has 1 aromatic rings. The van der Waals surface area contributed by atoms with Crippen molar-refractivity contribution in [2.45, 2.75) is 57.4 Å². The normalized spacial score (nSPS) is 19.9. The first kappa shape index (κ1) is 19.4. The molecule has 1 unspecified atom stereocenters. The number of hydrogen-bond donors (Lipinski definition) is 2. The highest BCUT2D eigenvalue weighted by Gasteiger charge is 2.43. The second-order valence-electron chi connectivity index (χ2n) is 6.93. The van der Waals surface area contributed by atoms with Crippen LogP contribution in [0, 0.1) is 4.91 Å². The molecule has 138 valence electrons. The molecule has 1 saturated heterocycles. The molecular weight excluding hydrogens is 318 g/mol. The molecule has 1 fully saturated rings. The van der Waals surface area contributed by atoms with Gasteiger partial charge in [0, 0.05) is 5.69 Å². The van der Waals surface area contributed by atoms with Gasteiger partial charge < -0.3 is 10.4 Å². The number of unbranched alkanes of at least 4 members (excludes halogenated alkanes) is 5. The summed E-state index contributed by atoms with van der Waals surface area (Å²) in [5, 5.41) is 15.0. The number of aliphatic hydroxyl groups excluding tert-OH is 1. The first-order valence-corrected chi connectivity index (χ1v) is 9.23. The van der Waals surface area contributed by atoms with E-state index in [1.54, 1.807) is 4.90 Å². The molecule has 0 aromatic heterocycles. The molecule has 0 radical (unpaired) electrons. The zero-order valence-electron chi connectivity index (χ0n) is 15.0. The smallest absolute Gasteiger partial charge is 0.322 e. The van der Waals surface area contributed by atoms with E-state index in [-0.39, 0.29) is 25.7 Å². The maximum Gasteiger partial charge on any atom is 0.322 e. The van der Waals surface area contributed by atoms with E-state index in [1.165, 1.54) is 44.1 Å². The molecular formula is C19H29N3O3. The molecule has 0 aliphatic carbocycles. The Morgan fingerprint density at radius 3 is 2.48 bits per heavy atom. The largest absolute Gasteiger partial charge is 0.394 e. The van der Waals surface area contributed by atoms with Crippen molar-refractivity contribution in [3.63, 3.8) is 0 Å². The van der Waals surface area contributed by atoms with Crippen LogP contribution in [0.15, 0.2) is 29.4 Å². The zero-order chi connectivity index (χ0) is 18.1. The van der Waals surface area contributed by atoms with Crippen LogP contribution in [-0.4, -0.2) is 36.4 Å². The monoisotopic (exact) mass is 347 g/mol. The van der Waals surface area contributed by atoms with Gasteiger partial charge in [0.2, 0.25) is 0 Å². The topological polar surface area (TPSA) is 82.0 Å². The molecule has 2 rings (SSSR count). The fourth-order valence-electron chi connectivity index (χ4n) is 3.22. The van der Waals surface area contributed by atoms with Crippen LogP contribution in [0.3, 0.4) is 0 Å². The molecule has 2 N–H and O–H groups in total. The van der Waals surface area contributed by atoms with Crippen molar-refractivity contribution in [2.75, 3.05) is 24.6 Å². The second kappa shape index (κ2) is 9.51. The molecule has 2 amide bonds. The predicted molar refractivity (Wildman–Crippen MR) is 99.9 cm³/mol. The number of anilines is 1. The lowest BCUT2D eigenvalue weighted by Crippen LogP contribution is -2.49. The minimum atomic E-state index is -0.976. The van der Waals surface area contributed by atoms with Gasteiger partial charge in [0.1, 0.15) is 12.1 Å². The molecule has 25 heavy (non-hydrogen) atoms. The highest BCUT2D eigenvalue weighted by atomic mass is 16.3. The number of nitrogens with zero attached hydrogens (tertiary/aromatic N) is 2. The van der Waals surface area contributed by atoms with E-state index >= 15 is 0 Å². The van der Waals surface area contributed by atoms with Crippen molar-refractivity contribution in [2.24, 2.45) is 5.18 Å². The molecule has 0 bridgehead atoms. The summed E-state index contributed by atoms with van der Waals surface area (Å²) >= 11 is 0. The molecule has 1 aromatic carbocycles. The molecule has 6 nitrogen and oxygen atoms in total. The van der Waals surface area contributed by atoms with Crippen LogP contribution in [0.5, 0.6) is 0 Å². The van der Waals surface area contributed by atoms with Gasteiger partial charge in [-0.15, -0.1) is 0 Å². The van der Waals surface area contributed by atoms with E-state index in [0.717, 1.165) is 12.1 Å². The Labute approximate surface area is 149 Å². The minimum Gasteiger partial charge on any atom is -0.394 e. The van der Waals surface area contributed by atoms with Crippen LogP contribution >= 0.6 is 0 Å². The van der Waals surface area contributed by atoms with Crippen molar-refractivity contribution in [3.05, 3.63) is 34.7 Å². The zero-order valence-corrected chi connectivity index (χ0v) is 15.0. The molecule has 1 aliphatic rings. The van der Waals surface area contributed by atoms with Crippen LogP contribution in [0.2, 0.25) is 0 Å². The summed E-state index contributed by atoms with van der Waals surface area (Å²) in [7, 11) is 0. The summed E-state index contributed by atoms with van der Waals surface area (Å²) in [6, 6.07) is 7.64. The number of hydrogen-bond acceptors (Lipinski definition) is 4. The van der Waals surface area contributed by atoms with Gasteiger partial charge >= 0.3 is 6.03 Å². The lowest BCUT2D eigenvalue weighted by molar-refractivity contribution is 0.191. The van der Waals surface area contributed by atoms with Crippen molar-refractivity contribution in [1.82, 2.24) is 5.32 Å². The fraction of sp³-hybridized carbons (Fsp3) is 0.632. The maximum atomic E-state index is 12.2. The highest BCUT2D eigenvalue weighted by Crippen LogP contribution is 2.24. The number of aliphatic hydroxyl groups is 1. The second-order valence-corrected chi connectivity index (χ2v) is 6.93. The number of carbonyl (C=O) groups excluding carboxylic acids is 1. The number of benzene rings is 1. The molecule has 1 atom stereocenters. The lowest BCUT2D eigenvalue weighted by Gasteiger charge is -2.22. The third-order valence-electron chi connectivity index (χ3n) is 4.81. The SMILES string of the molecule is CCCCCCCCc1ccc(N2CC(CO)(CN=O)NC2=O)cc1. The molecule has 0 saturated carbocycles. The minimum absolute atomic E-state index is 0.137. The average molecular weight is 347 g/mol. The predicted octanol–water partition coefficient (Wildman–Crippen LogP) is 3.62. The summed E-state index contributed by atoms with van der Waals surface area (Å²) in [4.78, 5) is 24.3. The van der Waals surface area contributed by atoms with Gasteiger partial charge in [0.15, 0.2) is 0 Å². The van der Waals surface area contributed by atoms with Gasteiger partial charge in [-0.05, 0) is 30.5 Å². The summed E-state index contributed by atoms with van der Waals surface area (Å²) in [6.07, 6.45) is 8.71. The number of aryl methyl sites for hydroxylation is 1. The van der Waals surface area contributed by atoms with Crippen molar-refractivity contribution in [1.29, 1.82) is 0 Å². The third kappa shape index (κ3) is 5.26. The quantitative estimate of drug-likeness (QED) is 0.474. The van der Waals surface area contributed by atoms with Gasteiger partial charge in [-0.2, -0.15) is 4.91 Å². The molecule has 6 heteroatoms. The standard InChI is InChI=1S/C19H29N3O3/c1-2-3-4-5-6-7-8-16-9-11-17(12-10-16)22-14-19(15-23,13-20-25)21-18(22)24/h9-12,23H,2-8,13-15H2,1H3,(H,21,24). The Morgan fingerprint density at radius 1 is 1.16 bits per heavy atom. The van der Waals surface area contributed by atoms with Crippen LogP contribution < -0.4 is 10.2 Å². The van der Waals surface area contributed by atoms with Crippen LogP contribution in [-0.2, 0) is 6.42 Å². The van der Waals surface area contributed by atoms with Crippen LogP contribution in [0.25, 0.3) is 0 Å². The summed E-state index contributed by atoms with van der Waals surface area (Å²) < 4.78 is 0. The highest BCUT2D eigenvalue weighted by molar-refractivity contribution is 5.95. The number of nitrogens with one attached hydrogen (secondary N) is 1. The van der Waals surface area contributed by atoms with Crippen molar-refractivity contribution < 1.29 is 9.90 Å². The number of carbonyl (C=O) groups is 1. The number of nitroso groups, excluding NO2 is 1. The maximum absolute atomic E-state index is 12.2. The fourth-order valence-corrected chi connectivity index (χ4v) is 3.22. The van der Waals surface area contributed by atoms with Crippen LogP contribution in [0.1, 0.15) is 51.0 Å². The third-order valence-corrected chi connectivity index (χ3v) is 4.81. The van der Waals surface area contributed by atoms with Gasteiger partial charge in [-0.25, -0.2) is 4.79 Å². The van der Waals surface area contributed by atoms with Gasteiger partial charge in [-0.3, -0.25) is 4.90 Å². The average Bonchev–Trinajstić information content (AvgIpc) is 2.96. The van der Waals surface area contributed by atoms with E-state index in [0.29, 0.717) is 0 Å². The Balaban J connectivity index is 1.87. The Kier molecular flexibility index (Phi) is 7.37. The van der Waals surface area contributed by atoms with Crippen molar-refractivity contribution in [3.8, 4) is 0 Å². The summed E-state index contributed by atoms with van der Waals surface area (Å²) in [5.74, 6) is 0. The van der Waals surface area contributed by atoms with Gasteiger partial charge in [-0.1, -0.05) is 56.3 Å². The van der Waals surface area contributed by atoms with Gasteiger partial charge in [0.05, 0.1) is 13.2 Å². The summed E-state index contributed by atoms with van der Waals surface area (Å²) in [5.41, 5.74) is 1.06. The van der Waals surface area contributed by atoms with E-state index in [4.69, 9.17) is 0 Å². The summed E-state index contributed by atoms with van der Waals surface area (Å²) in [6.45, 7) is 2.02. The molecule has 0 spiro atoms. The number of urea groups is 1. The lowest BCUT2D eigenvalue weighted by atomic mass is 10.0. The Morgan fingerprint density at radius 2 is 1.84 bits per heavy atom. The Hall–Kier alpha value is -1.95. The van der Waals surface area contributed by atoms with E-state index in [9.17, 15) is 14.8 Å². The Bertz CT molecular complexity index is 562. The number of amides is 2. The van der Waals surface area contributed by atoms with E-state index in [1.807, 2.05) is 24.3 Å². The van der Waals surface area contributed by atoms with Crippen LogP contribution in [0.4, 0.5) is 10.5 Å². The number of rotatable bonds is 11. The first-order valence-electron chi connectivity index (χ1n) is 9.23. The molecule has 1 aliphatic heterocycles. The van der Waals surface area contributed by atoms with E-state index in [2.05, 4.69) is 17.4 Å². The van der Waals surface area contributed by atoms with E-state index < -0.39 is 5.54 Å². The van der Waals surface area contributed by atoms with Crippen molar-refractivity contribution >= 4 is 11.7 Å². The van der Waals surface area contributed by atoms with Gasteiger partial charge in [0.25, 0.3) is 0 Å².